The fourth-order valence-electron chi connectivity index (χ4n) is 1.02. The SMILES string of the molecule is O=[N+]([O-])c1c(Cl)cc(C(F)(F)F)nc1C(F)(F)F. The number of nitro groups is 1. The zero-order valence-corrected chi connectivity index (χ0v) is 8.69. The molecule has 0 N–H and O–H groups in total. The van der Waals surface area contributed by atoms with Crippen molar-refractivity contribution in [3.05, 3.63) is 32.6 Å². The van der Waals surface area contributed by atoms with Gasteiger partial charge in [0.1, 0.15) is 10.7 Å². The van der Waals surface area contributed by atoms with Gasteiger partial charge in [-0.25, -0.2) is 4.98 Å². The van der Waals surface area contributed by atoms with Crippen LogP contribution in [0.5, 0.6) is 0 Å². The third-order valence-electron chi connectivity index (χ3n) is 1.69. The Kier molecular flexibility index (Phi) is 3.43. The van der Waals surface area contributed by atoms with Crippen LogP contribution in [0.1, 0.15) is 11.4 Å². The van der Waals surface area contributed by atoms with Crippen LogP contribution in [0.4, 0.5) is 32.0 Å². The summed E-state index contributed by atoms with van der Waals surface area (Å²) in [5.74, 6) is 0. The van der Waals surface area contributed by atoms with Gasteiger partial charge in [-0.3, -0.25) is 10.1 Å². The number of rotatable bonds is 1. The fourth-order valence-corrected chi connectivity index (χ4v) is 1.29. The first-order chi connectivity index (χ1) is 7.94. The van der Waals surface area contributed by atoms with Crippen LogP contribution in [0.2, 0.25) is 5.02 Å². The molecule has 0 saturated carbocycles. The molecule has 100 valence electrons. The van der Waals surface area contributed by atoms with Crippen molar-refractivity contribution >= 4 is 17.3 Å². The highest BCUT2D eigenvalue weighted by Crippen LogP contribution is 2.41. The quantitative estimate of drug-likeness (QED) is 0.451. The summed E-state index contributed by atoms with van der Waals surface area (Å²) in [5, 5.41) is 9.07. The number of alkyl halides is 6. The Bertz CT molecular complexity index is 498. The number of pyridine rings is 1. The molecule has 0 amide bonds. The standard InChI is InChI=1S/C7HClF6N2O2/c8-2-1-3(6(9,10)11)15-5(7(12,13)14)4(2)16(17)18/h1H. The minimum absolute atomic E-state index is 0.0328. The Morgan fingerprint density at radius 3 is 2.00 bits per heavy atom. The van der Waals surface area contributed by atoms with E-state index in [0.29, 0.717) is 0 Å². The second-order valence-corrected chi connectivity index (χ2v) is 3.35. The monoisotopic (exact) mass is 294 g/mol. The summed E-state index contributed by atoms with van der Waals surface area (Å²) < 4.78 is 73.7. The van der Waals surface area contributed by atoms with Crippen molar-refractivity contribution in [3.63, 3.8) is 0 Å². The van der Waals surface area contributed by atoms with E-state index < -0.39 is 39.4 Å². The lowest BCUT2D eigenvalue weighted by Crippen LogP contribution is -2.17. The fraction of sp³-hybridized carbons (Fsp3) is 0.286. The molecule has 0 bridgehead atoms. The molecule has 11 heteroatoms. The number of nitrogens with zero attached hydrogens (tertiary/aromatic N) is 2. The average Bonchev–Trinajstić information content (AvgIpc) is 2.12. The molecular weight excluding hydrogens is 294 g/mol. The summed E-state index contributed by atoms with van der Waals surface area (Å²) in [6.07, 6.45) is -10.6. The molecule has 0 fully saturated rings. The van der Waals surface area contributed by atoms with E-state index in [1.807, 2.05) is 0 Å². The molecule has 18 heavy (non-hydrogen) atoms. The predicted molar refractivity (Wildman–Crippen MR) is 45.9 cm³/mol. The second kappa shape index (κ2) is 4.26. The maximum atomic E-state index is 12.4. The molecule has 4 nitrogen and oxygen atoms in total. The van der Waals surface area contributed by atoms with E-state index in [1.165, 1.54) is 0 Å². The molecule has 1 aromatic heterocycles. The van der Waals surface area contributed by atoms with Gasteiger partial charge >= 0.3 is 18.0 Å². The summed E-state index contributed by atoms with van der Waals surface area (Å²) in [6.45, 7) is 0. The summed E-state index contributed by atoms with van der Waals surface area (Å²) >= 11 is 5.06. The Morgan fingerprint density at radius 2 is 1.67 bits per heavy atom. The highest BCUT2D eigenvalue weighted by atomic mass is 35.5. The molecule has 1 rings (SSSR count). The molecule has 0 atom stereocenters. The number of aromatic nitrogens is 1. The molecule has 0 aliphatic heterocycles. The zero-order chi connectivity index (χ0) is 14.3. The van der Waals surface area contributed by atoms with Gasteiger partial charge in [0.2, 0.25) is 5.69 Å². The maximum Gasteiger partial charge on any atom is 0.440 e. The molecule has 0 aliphatic rings. The van der Waals surface area contributed by atoms with Gasteiger partial charge in [-0.2, -0.15) is 26.3 Å². The van der Waals surface area contributed by atoms with Gasteiger partial charge in [-0.1, -0.05) is 11.6 Å². The van der Waals surface area contributed by atoms with Gasteiger partial charge in [0.05, 0.1) is 4.92 Å². The van der Waals surface area contributed by atoms with E-state index in [2.05, 4.69) is 4.98 Å². The largest absolute Gasteiger partial charge is 0.440 e. The van der Waals surface area contributed by atoms with Gasteiger partial charge in [0.25, 0.3) is 0 Å². The normalized spacial score (nSPS) is 12.6. The highest BCUT2D eigenvalue weighted by Gasteiger charge is 2.45. The van der Waals surface area contributed by atoms with Crippen molar-refractivity contribution in [1.29, 1.82) is 0 Å². The number of hydrogen-bond acceptors (Lipinski definition) is 3. The molecule has 0 unspecified atom stereocenters. The molecular formula is C7HClF6N2O2. The zero-order valence-electron chi connectivity index (χ0n) is 7.93. The first-order valence-electron chi connectivity index (χ1n) is 3.94. The van der Waals surface area contributed by atoms with E-state index in [0.717, 1.165) is 0 Å². The number of halogens is 7. The first-order valence-corrected chi connectivity index (χ1v) is 4.31. The molecule has 0 aromatic carbocycles. The van der Waals surface area contributed by atoms with Crippen LogP contribution in [0.25, 0.3) is 0 Å². The molecule has 0 spiro atoms. The lowest BCUT2D eigenvalue weighted by atomic mass is 10.2. The van der Waals surface area contributed by atoms with Crippen LogP contribution in [0.3, 0.4) is 0 Å². The summed E-state index contributed by atoms with van der Waals surface area (Å²) in [7, 11) is 0. The van der Waals surface area contributed by atoms with Gasteiger partial charge in [0.15, 0.2) is 0 Å². The summed E-state index contributed by atoms with van der Waals surface area (Å²) in [6, 6.07) is -0.0328. The van der Waals surface area contributed by atoms with Crippen LogP contribution in [-0.4, -0.2) is 9.91 Å². The molecule has 1 aromatic rings. The van der Waals surface area contributed by atoms with Crippen LogP contribution < -0.4 is 0 Å². The Hall–Kier alpha value is -1.58. The highest BCUT2D eigenvalue weighted by molar-refractivity contribution is 6.32. The predicted octanol–water partition coefficient (Wildman–Crippen LogP) is 3.68. The van der Waals surface area contributed by atoms with E-state index in [1.54, 1.807) is 0 Å². The molecule has 0 saturated heterocycles. The summed E-state index contributed by atoms with van der Waals surface area (Å²) in [5.41, 5.74) is -5.95. The van der Waals surface area contributed by atoms with E-state index in [-0.39, 0.29) is 6.07 Å². The van der Waals surface area contributed by atoms with Crippen molar-refractivity contribution in [3.8, 4) is 0 Å². The Morgan fingerprint density at radius 1 is 1.17 bits per heavy atom. The van der Waals surface area contributed by atoms with Crippen molar-refractivity contribution < 1.29 is 31.3 Å². The van der Waals surface area contributed by atoms with Crippen LogP contribution in [0.15, 0.2) is 6.07 Å². The van der Waals surface area contributed by atoms with Crippen LogP contribution in [0, 0.1) is 10.1 Å². The van der Waals surface area contributed by atoms with Crippen molar-refractivity contribution in [1.82, 2.24) is 4.98 Å². The number of hydrogen-bond donors (Lipinski definition) is 0. The molecule has 0 aliphatic carbocycles. The third-order valence-corrected chi connectivity index (χ3v) is 1.98. The van der Waals surface area contributed by atoms with Crippen molar-refractivity contribution in [2.75, 3.05) is 0 Å². The van der Waals surface area contributed by atoms with Crippen LogP contribution in [-0.2, 0) is 12.4 Å². The Labute approximate surface area is 99.3 Å². The minimum atomic E-state index is -5.42. The van der Waals surface area contributed by atoms with Gasteiger partial charge in [-0.15, -0.1) is 0 Å². The topological polar surface area (TPSA) is 56.0 Å². The second-order valence-electron chi connectivity index (χ2n) is 2.94. The maximum absolute atomic E-state index is 12.4. The lowest BCUT2D eigenvalue weighted by Gasteiger charge is -2.11. The van der Waals surface area contributed by atoms with Crippen LogP contribution >= 0.6 is 11.6 Å². The molecule has 0 radical (unpaired) electrons. The van der Waals surface area contributed by atoms with Crippen molar-refractivity contribution in [2.24, 2.45) is 0 Å². The van der Waals surface area contributed by atoms with Gasteiger partial charge < -0.3 is 0 Å². The van der Waals surface area contributed by atoms with E-state index >= 15 is 0 Å². The van der Waals surface area contributed by atoms with E-state index in [9.17, 15) is 36.5 Å². The summed E-state index contributed by atoms with van der Waals surface area (Å²) in [4.78, 5) is 11.0. The van der Waals surface area contributed by atoms with Gasteiger partial charge in [0, 0.05) is 0 Å². The van der Waals surface area contributed by atoms with E-state index in [4.69, 9.17) is 11.6 Å². The Balaban J connectivity index is 3.64. The van der Waals surface area contributed by atoms with Crippen molar-refractivity contribution in [2.45, 2.75) is 12.4 Å². The minimum Gasteiger partial charge on any atom is -0.258 e. The van der Waals surface area contributed by atoms with Gasteiger partial charge in [-0.05, 0) is 6.07 Å². The smallest absolute Gasteiger partial charge is 0.258 e. The molecule has 1 heterocycles. The lowest BCUT2D eigenvalue weighted by molar-refractivity contribution is -0.388. The average molecular weight is 295 g/mol. The first kappa shape index (κ1) is 14.5. The third kappa shape index (κ3) is 2.81.